The lowest BCUT2D eigenvalue weighted by Gasteiger charge is -2.34. The summed E-state index contributed by atoms with van der Waals surface area (Å²) in [6.07, 6.45) is 0.886. The molecule has 28 heavy (non-hydrogen) atoms. The Labute approximate surface area is 166 Å². The van der Waals surface area contributed by atoms with Crippen molar-refractivity contribution in [3.05, 3.63) is 57.0 Å². The van der Waals surface area contributed by atoms with Crippen molar-refractivity contribution in [3.63, 3.8) is 0 Å². The van der Waals surface area contributed by atoms with Crippen molar-refractivity contribution in [2.45, 2.75) is 6.42 Å². The number of carbonyl (C=O) groups excluding carboxylic acids is 2. The van der Waals surface area contributed by atoms with Gasteiger partial charge in [-0.05, 0) is 24.1 Å². The lowest BCUT2D eigenvalue weighted by atomic mass is 10.2. The van der Waals surface area contributed by atoms with Gasteiger partial charge in [0.25, 0.3) is 5.91 Å². The van der Waals surface area contributed by atoms with Gasteiger partial charge in [0.15, 0.2) is 0 Å². The van der Waals surface area contributed by atoms with Gasteiger partial charge in [-0.15, -0.1) is 0 Å². The van der Waals surface area contributed by atoms with Gasteiger partial charge in [0.05, 0.1) is 16.3 Å². The monoisotopic (exact) mass is 400 g/mol. The van der Waals surface area contributed by atoms with Crippen LogP contribution in [0.1, 0.15) is 15.2 Å². The Balaban J connectivity index is 1.31. The number of nitrogens with zero attached hydrogens (tertiary/aromatic N) is 4. The smallest absolute Gasteiger partial charge is 0.324 e. The van der Waals surface area contributed by atoms with E-state index in [1.54, 1.807) is 4.90 Å². The summed E-state index contributed by atoms with van der Waals surface area (Å²) in [7, 11) is 0. The summed E-state index contributed by atoms with van der Waals surface area (Å²) < 4.78 is 0. The van der Waals surface area contributed by atoms with Gasteiger partial charge in [0.2, 0.25) is 5.91 Å². The van der Waals surface area contributed by atoms with Crippen molar-refractivity contribution >= 4 is 33.8 Å². The third kappa shape index (κ3) is 3.63. The lowest BCUT2D eigenvalue weighted by molar-refractivity contribution is -0.380. The van der Waals surface area contributed by atoms with Crippen molar-refractivity contribution in [1.82, 2.24) is 9.80 Å². The summed E-state index contributed by atoms with van der Waals surface area (Å²) in [5, 5.41) is 10.8. The van der Waals surface area contributed by atoms with Gasteiger partial charge in [0.1, 0.15) is 0 Å². The van der Waals surface area contributed by atoms with Gasteiger partial charge >= 0.3 is 5.00 Å². The van der Waals surface area contributed by atoms with Crippen molar-refractivity contribution in [2.24, 2.45) is 0 Å². The number of piperazine rings is 1. The molecular weight excluding hydrogens is 380 g/mol. The standard InChI is InChI=1S/C19H20N4O4S/c24-17(22-8-7-14-3-1-2-4-15(14)22)13-20-9-11-21(12-10-20)19(25)16-5-6-18(28-16)23(26)27/h1-6H,7-13H2. The second kappa shape index (κ2) is 7.69. The predicted molar refractivity (Wildman–Crippen MR) is 106 cm³/mol. The zero-order valence-electron chi connectivity index (χ0n) is 15.2. The van der Waals surface area contributed by atoms with Gasteiger partial charge in [-0.2, -0.15) is 0 Å². The minimum absolute atomic E-state index is 0.0292. The van der Waals surface area contributed by atoms with E-state index >= 15 is 0 Å². The molecule has 1 fully saturated rings. The summed E-state index contributed by atoms with van der Waals surface area (Å²) in [4.78, 5) is 41.5. The van der Waals surface area contributed by atoms with E-state index in [1.165, 1.54) is 17.7 Å². The van der Waals surface area contributed by atoms with Gasteiger partial charge in [-0.25, -0.2) is 0 Å². The molecule has 0 aliphatic carbocycles. The Morgan fingerprint density at radius 2 is 1.79 bits per heavy atom. The van der Waals surface area contributed by atoms with Crippen LogP contribution in [0.5, 0.6) is 0 Å². The van der Waals surface area contributed by atoms with E-state index in [0.717, 1.165) is 23.4 Å². The number of amides is 2. The van der Waals surface area contributed by atoms with Crippen LogP contribution in [0.25, 0.3) is 0 Å². The average Bonchev–Trinajstić information content (AvgIpc) is 3.35. The van der Waals surface area contributed by atoms with E-state index in [9.17, 15) is 19.7 Å². The maximum Gasteiger partial charge on any atom is 0.324 e. The molecule has 0 saturated carbocycles. The van der Waals surface area contributed by atoms with Crippen LogP contribution in [0.4, 0.5) is 10.7 Å². The zero-order valence-corrected chi connectivity index (χ0v) is 16.1. The number of thiophene rings is 1. The Hall–Kier alpha value is -2.78. The number of anilines is 1. The largest absolute Gasteiger partial charge is 0.335 e. The fourth-order valence-electron chi connectivity index (χ4n) is 3.68. The normalized spacial score (nSPS) is 16.9. The molecule has 9 heteroatoms. The van der Waals surface area contributed by atoms with E-state index in [-0.39, 0.29) is 16.8 Å². The quantitative estimate of drug-likeness (QED) is 0.579. The number of hydrogen-bond donors (Lipinski definition) is 0. The molecule has 2 amide bonds. The Kier molecular flexibility index (Phi) is 5.10. The van der Waals surface area contributed by atoms with E-state index in [4.69, 9.17) is 0 Å². The van der Waals surface area contributed by atoms with Crippen LogP contribution in [0, 0.1) is 10.1 Å². The molecule has 8 nitrogen and oxygen atoms in total. The van der Waals surface area contributed by atoms with E-state index in [1.807, 2.05) is 23.1 Å². The first-order valence-corrected chi connectivity index (χ1v) is 9.99. The zero-order chi connectivity index (χ0) is 19.7. The Bertz CT molecular complexity index is 920. The fraction of sp³-hybridized carbons (Fsp3) is 0.368. The van der Waals surface area contributed by atoms with E-state index < -0.39 is 4.92 Å². The van der Waals surface area contributed by atoms with Crippen LogP contribution in [-0.2, 0) is 11.2 Å². The first-order valence-electron chi connectivity index (χ1n) is 9.17. The van der Waals surface area contributed by atoms with Gasteiger partial charge in [0, 0.05) is 44.5 Å². The van der Waals surface area contributed by atoms with Gasteiger partial charge in [-0.1, -0.05) is 29.5 Å². The average molecular weight is 400 g/mol. The van der Waals surface area contributed by atoms with Gasteiger partial charge in [-0.3, -0.25) is 24.6 Å². The minimum Gasteiger partial charge on any atom is -0.335 e. The molecule has 4 rings (SSSR count). The number of fused-ring (bicyclic) bond motifs is 1. The highest BCUT2D eigenvalue weighted by Crippen LogP contribution is 2.28. The summed E-state index contributed by atoms with van der Waals surface area (Å²) in [5.41, 5.74) is 2.21. The summed E-state index contributed by atoms with van der Waals surface area (Å²) >= 11 is 0.900. The number of carbonyl (C=O) groups is 2. The highest BCUT2D eigenvalue weighted by atomic mass is 32.1. The third-order valence-corrected chi connectivity index (χ3v) is 6.21. The molecule has 1 aromatic heterocycles. The minimum atomic E-state index is -0.485. The number of nitro groups is 1. The Morgan fingerprint density at radius 1 is 1.04 bits per heavy atom. The second-order valence-electron chi connectivity index (χ2n) is 6.89. The van der Waals surface area contributed by atoms with Gasteiger partial charge < -0.3 is 9.80 Å². The van der Waals surface area contributed by atoms with Crippen LogP contribution in [-0.4, -0.2) is 65.8 Å². The topological polar surface area (TPSA) is 87.0 Å². The van der Waals surface area contributed by atoms with Crippen LogP contribution in [0.3, 0.4) is 0 Å². The molecule has 1 saturated heterocycles. The first kappa shape index (κ1) is 18.6. The van der Waals surface area contributed by atoms with Crippen LogP contribution in [0.15, 0.2) is 36.4 Å². The highest BCUT2D eigenvalue weighted by Gasteiger charge is 2.29. The third-order valence-electron chi connectivity index (χ3n) is 5.19. The van der Waals surface area contributed by atoms with Crippen molar-refractivity contribution in [1.29, 1.82) is 0 Å². The summed E-state index contributed by atoms with van der Waals surface area (Å²) in [6, 6.07) is 10.8. The molecular formula is C19H20N4O4S. The number of hydrogen-bond acceptors (Lipinski definition) is 6. The summed E-state index contributed by atoms with van der Waals surface area (Å²) in [5.74, 6) is -0.101. The van der Waals surface area contributed by atoms with Crippen molar-refractivity contribution < 1.29 is 14.5 Å². The van der Waals surface area contributed by atoms with Crippen LogP contribution in [0.2, 0.25) is 0 Å². The van der Waals surface area contributed by atoms with E-state index in [0.29, 0.717) is 44.1 Å². The lowest BCUT2D eigenvalue weighted by Crippen LogP contribution is -2.51. The van der Waals surface area contributed by atoms with E-state index in [2.05, 4.69) is 11.0 Å². The first-order chi connectivity index (χ1) is 13.5. The molecule has 0 unspecified atom stereocenters. The molecule has 3 heterocycles. The van der Waals surface area contributed by atoms with Crippen molar-refractivity contribution in [2.75, 3.05) is 44.2 Å². The molecule has 0 atom stereocenters. The second-order valence-corrected chi connectivity index (χ2v) is 7.95. The van der Waals surface area contributed by atoms with Crippen molar-refractivity contribution in [3.8, 4) is 0 Å². The molecule has 146 valence electrons. The summed E-state index contributed by atoms with van der Waals surface area (Å²) in [6.45, 7) is 3.29. The molecule has 0 bridgehead atoms. The molecule has 0 spiro atoms. The molecule has 2 aromatic rings. The molecule has 2 aliphatic heterocycles. The highest BCUT2D eigenvalue weighted by molar-refractivity contribution is 7.17. The molecule has 0 N–H and O–H groups in total. The predicted octanol–water partition coefficient (Wildman–Crippen LogP) is 2.00. The molecule has 0 radical (unpaired) electrons. The number of benzene rings is 1. The fourth-order valence-corrected chi connectivity index (χ4v) is 4.47. The number of para-hydroxylation sites is 1. The molecule has 1 aromatic carbocycles. The van der Waals surface area contributed by atoms with Crippen LogP contribution < -0.4 is 4.90 Å². The SMILES string of the molecule is O=C(c1ccc([N+](=O)[O-])s1)N1CCN(CC(=O)N2CCc3ccccc32)CC1. The maximum atomic E-state index is 12.7. The maximum absolute atomic E-state index is 12.7. The Morgan fingerprint density at radius 3 is 2.50 bits per heavy atom. The number of rotatable bonds is 4. The molecule has 2 aliphatic rings. The van der Waals surface area contributed by atoms with Crippen LogP contribution >= 0.6 is 11.3 Å².